The second kappa shape index (κ2) is 4.29. The number of hydrogen-bond donors (Lipinski definition) is 0. The SMILES string of the molecule is C1=NN(c2ccccc2)CN1c1ccccc1. The Hall–Kier alpha value is -2.29. The van der Waals surface area contributed by atoms with Crippen molar-refractivity contribution in [3.63, 3.8) is 0 Å². The fourth-order valence-corrected chi connectivity index (χ4v) is 1.86. The minimum atomic E-state index is 0.758. The maximum absolute atomic E-state index is 4.40. The number of rotatable bonds is 2. The number of hydrogen-bond acceptors (Lipinski definition) is 3. The summed E-state index contributed by atoms with van der Waals surface area (Å²) < 4.78 is 0. The molecule has 0 radical (unpaired) electrons. The number of para-hydroxylation sites is 2. The molecule has 0 spiro atoms. The van der Waals surface area contributed by atoms with E-state index in [4.69, 9.17) is 0 Å². The summed E-state index contributed by atoms with van der Waals surface area (Å²) in [6.07, 6.45) is 1.86. The van der Waals surface area contributed by atoms with Crippen LogP contribution in [-0.2, 0) is 0 Å². The summed E-state index contributed by atoms with van der Waals surface area (Å²) in [5.41, 5.74) is 2.27. The average molecular weight is 223 g/mol. The van der Waals surface area contributed by atoms with E-state index in [1.54, 1.807) is 0 Å². The van der Waals surface area contributed by atoms with Gasteiger partial charge in [-0.3, -0.25) is 0 Å². The van der Waals surface area contributed by atoms with Gasteiger partial charge in [-0.25, -0.2) is 5.01 Å². The van der Waals surface area contributed by atoms with Gasteiger partial charge in [0.25, 0.3) is 0 Å². The fraction of sp³-hybridized carbons (Fsp3) is 0.0714. The molecule has 0 aromatic heterocycles. The van der Waals surface area contributed by atoms with Crippen LogP contribution in [0.2, 0.25) is 0 Å². The minimum absolute atomic E-state index is 0.758. The van der Waals surface area contributed by atoms with Crippen LogP contribution < -0.4 is 9.91 Å². The van der Waals surface area contributed by atoms with Crippen LogP contribution in [0.1, 0.15) is 0 Å². The van der Waals surface area contributed by atoms with E-state index in [1.807, 2.05) is 47.7 Å². The summed E-state index contributed by atoms with van der Waals surface area (Å²) in [6, 6.07) is 20.4. The summed E-state index contributed by atoms with van der Waals surface area (Å²) in [5.74, 6) is 0. The summed E-state index contributed by atoms with van der Waals surface area (Å²) in [6.45, 7) is 0.758. The van der Waals surface area contributed by atoms with Crippen molar-refractivity contribution in [1.82, 2.24) is 0 Å². The minimum Gasteiger partial charge on any atom is -0.311 e. The standard InChI is InChI=1S/C14H13N3/c1-3-7-13(8-4-1)16-11-15-17(12-16)14-9-5-2-6-10-14/h1-11H,12H2. The van der Waals surface area contributed by atoms with Crippen molar-refractivity contribution in [2.45, 2.75) is 0 Å². The van der Waals surface area contributed by atoms with Crippen LogP contribution in [0.3, 0.4) is 0 Å². The Morgan fingerprint density at radius 2 is 1.35 bits per heavy atom. The van der Waals surface area contributed by atoms with Gasteiger partial charge in [-0.1, -0.05) is 36.4 Å². The van der Waals surface area contributed by atoms with Crippen molar-refractivity contribution in [2.75, 3.05) is 16.6 Å². The lowest BCUT2D eigenvalue weighted by molar-refractivity contribution is 0.912. The molecule has 0 unspecified atom stereocenters. The van der Waals surface area contributed by atoms with E-state index in [-0.39, 0.29) is 0 Å². The van der Waals surface area contributed by atoms with Crippen LogP contribution in [0.25, 0.3) is 0 Å². The molecule has 0 atom stereocenters. The molecule has 3 nitrogen and oxygen atoms in total. The van der Waals surface area contributed by atoms with Crippen molar-refractivity contribution in [3.8, 4) is 0 Å². The van der Waals surface area contributed by atoms with Gasteiger partial charge in [0.1, 0.15) is 13.0 Å². The molecule has 0 amide bonds. The molecule has 0 aliphatic carbocycles. The van der Waals surface area contributed by atoms with Gasteiger partial charge in [0.2, 0.25) is 0 Å². The van der Waals surface area contributed by atoms with Gasteiger partial charge >= 0.3 is 0 Å². The van der Waals surface area contributed by atoms with Gasteiger partial charge in [-0.05, 0) is 24.3 Å². The van der Waals surface area contributed by atoms with Crippen LogP contribution in [-0.4, -0.2) is 13.0 Å². The van der Waals surface area contributed by atoms with Gasteiger partial charge in [-0.2, -0.15) is 5.10 Å². The van der Waals surface area contributed by atoms with E-state index < -0.39 is 0 Å². The lowest BCUT2D eigenvalue weighted by atomic mass is 10.3. The van der Waals surface area contributed by atoms with E-state index >= 15 is 0 Å². The van der Waals surface area contributed by atoms with Crippen molar-refractivity contribution in [3.05, 3.63) is 60.7 Å². The zero-order valence-corrected chi connectivity index (χ0v) is 9.40. The topological polar surface area (TPSA) is 18.8 Å². The maximum Gasteiger partial charge on any atom is 0.118 e. The van der Waals surface area contributed by atoms with Crippen molar-refractivity contribution >= 4 is 17.7 Å². The molecular formula is C14H13N3. The van der Waals surface area contributed by atoms with Crippen molar-refractivity contribution in [2.24, 2.45) is 5.10 Å². The molecule has 17 heavy (non-hydrogen) atoms. The highest BCUT2D eigenvalue weighted by Crippen LogP contribution is 2.21. The summed E-state index contributed by atoms with van der Waals surface area (Å²) >= 11 is 0. The van der Waals surface area contributed by atoms with E-state index in [0.717, 1.165) is 18.0 Å². The highest BCUT2D eigenvalue weighted by molar-refractivity contribution is 5.83. The Morgan fingerprint density at radius 3 is 2.00 bits per heavy atom. The van der Waals surface area contributed by atoms with E-state index in [0.29, 0.717) is 0 Å². The molecule has 84 valence electrons. The van der Waals surface area contributed by atoms with E-state index in [9.17, 15) is 0 Å². The van der Waals surface area contributed by atoms with Gasteiger partial charge in [0, 0.05) is 5.69 Å². The van der Waals surface area contributed by atoms with Crippen LogP contribution >= 0.6 is 0 Å². The molecule has 0 saturated heterocycles. The second-order valence-corrected chi connectivity index (χ2v) is 3.91. The zero-order chi connectivity index (χ0) is 11.5. The Balaban J connectivity index is 1.78. The average Bonchev–Trinajstić information content (AvgIpc) is 2.90. The van der Waals surface area contributed by atoms with Gasteiger partial charge in [0.15, 0.2) is 0 Å². The predicted octanol–water partition coefficient (Wildman–Crippen LogP) is 2.91. The number of benzene rings is 2. The smallest absolute Gasteiger partial charge is 0.118 e. The Labute approximate surface area is 101 Å². The van der Waals surface area contributed by atoms with Crippen molar-refractivity contribution < 1.29 is 0 Å². The van der Waals surface area contributed by atoms with E-state index in [2.05, 4.69) is 34.3 Å². The summed E-state index contributed by atoms with van der Waals surface area (Å²) in [4.78, 5) is 2.12. The molecule has 0 N–H and O–H groups in total. The van der Waals surface area contributed by atoms with Crippen LogP contribution in [0.4, 0.5) is 11.4 Å². The van der Waals surface area contributed by atoms with Crippen LogP contribution in [0, 0.1) is 0 Å². The Kier molecular flexibility index (Phi) is 2.50. The third-order valence-electron chi connectivity index (χ3n) is 2.76. The Morgan fingerprint density at radius 1 is 0.765 bits per heavy atom. The molecule has 0 bridgehead atoms. The predicted molar refractivity (Wildman–Crippen MR) is 71.2 cm³/mol. The van der Waals surface area contributed by atoms with Gasteiger partial charge in [-0.15, -0.1) is 0 Å². The third-order valence-corrected chi connectivity index (χ3v) is 2.76. The molecule has 1 heterocycles. The molecule has 3 rings (SSSR count). The highest BCUT2D eigenvalue weighted by Gasteiger charge is 2.15. The first-order valence-corrected chi connectivity index (χ1v) is 5.62. The number of anilines is 2. The Bertz CT molecular complexity index is 460. The molecule has 2 aromatic carbocycles. The lowest BCUT2D eigenvalue weighted by Gasteiger charge is -2.18. The van der Waals surface area contributed by atoms with Crippen molar-refractivity contribution in [1.29, 1.82) is 0 Å². The molecule has 2 aromatic rings. The highest BCUT2D eigenvalue weighted by atomic mass is 15.6. The quantitative estimate of drug-likeness (QED) is 0.779. The first-order chi connectivity index (χ1) is 8.43. The van der Waals surface area contributed by atoms with Crippen LogP contribution in [0.15, 0.2) is 65.8 Å². The molecule has 0 saturated carbocycles. The maximum atomic E-state index is 4.40. The van der Waals surface area contributed by atoms with Gasteiger partial charge < -0.3 is 4.90 Å². The number of nitrogens with zero attached hydrogens (tertiary/aromatic N) is 3. The first-order valence-electron chi connectivity index (χ1n) is 5.62. The third kappa shape index (κ3) is 1.99. The second-order valence-electron chi connectivity index (χ2n) is 3.91. The molecular weight excluding hydrogens is 210 g/mol. The van der Waals surface area contributed by atoms with Crippen LogP contribution in [0.5, 0.6) is 0 Å². The monoisotopic (exact) mass is 223 g/mol. The molecule has 3 heteroatoms. The zero-order valence-electron chi connectivity index (χ0n) is 9.40. The van der Waals surface area contributed by atoms with E-state index in [1.165, 1.54) is 0 Å². The molecule has 1 aliphatic rings. The fourth-order valence-electron chi connectivity index (χ4n) is 1.86. The lowest BCUT2D eigenvalue weighted by Crippen LogP contribution is -2.25. The number of hydrazone groups is 1. The summed E-state index contributed by atoms with van der Waals surface area (Å²) in [5, 5.41) is 6.38. The first kappa shape index (κ1) is 9.90. The molecule has 1 aliphatic heterocycles. The normalized spacial score (nSPS) is 14.4. The summed E-state index contributed by atoms with van der Waals surface area (Å²) in [7, 11) is 0. The molecule has 0 fully saturated rings. The largest absolute Gasteiger partial charge is 0.311 e. The van der Waals surface area contributed by atoms with Gasteiger partial charge in [0.05, 0.1) is 5.69 Å².